The Morgan fingerprint density at radius 3 is 0.988 bits per heavy atom. The van der Waals surface area contributed by atoms with Crippen LogP contribution in [0.15, 0.2) is 109 Å². The lowest BCUT2D eigenvalue weighted by Gasteiger charge is -2.19. The van der Waals surface area contributed by atoms with Crippen molar-refractivity contribution in [3.8, 4) is 0 Å². The molecule has 0 aromatic heterocycles. The van der Waals surface area contributed by atoms with E-state index >= 15 is 0 Å². The summed E-state index contributed by atoms with van der Waals surface area (Å²) in [6.45, 7) is 3.66. The van der Waals surface area contributed by atoms with Crippen LogP contribution in [0.3, 0.4) is 0 Å². The normalized spacial score (nSPS) is 13.6. The first-order chi connectivity index (χ1) is 40.8. The summed E-state index contributed by atoms with van der Waals surface area (Å²) in [5.41, 5.74) is 5.40. The third-order valence-corrected chi connectivity index (χ3v) is 15.7. The number of hydrogen-bond donors (Lipinski definition) is 2. The van der Waals surface area contributed by atoms with E-state index in [1.54, 1.807) is 0 Å². The van der Waals surface area contributed by atoms with Gasteiger partial charge in [0.15, 0.2) is 6.10 Å². The second kappa shape index (κ2) is 67.8. The molecule has 0 aliphatic carbocycles. The third-order valence-electron chi connectivity index (χ3n) is 14.7. The van der Waals surface area contributed by atoms with Gasteiger partial charge in [-0.1, -0.05) is 322 Å². The molecule has 0 aromatic rings. The van der Waals surface area contributed by atoms with Crippen molar-refractivity contribution in [2.75, 3.05) is 26.4 Å². The van der Waals surface area contributed by atoms with Crippen LogP contribution in [0.1, 0.15) is 309 Å². The van der Waals surface area contributed by atoms with Gasteiger partial charge in [-0.2, -0.15) is 0 Å². The SMILES string of the molecule is CC/C=C\C/C=C\C/C=C\C/C=C\C/C=C\C/C=C\C/C=C\C/C=C\C/C=C\CCCCCCCCCCCC(=O)OC(COC(=O)CCCCCCCCCCCCCCCCCCCCCCCCCCC)COP(=O)(O)OCCN. The summed E-state index contributed by atoms with van der Waals surface area (Å²) in [7, 11) is -4.40. The number of carbonyl (C=O) groups excluding carboxylic acids is 2. The number of hydrogen-bond acceptors (Lipinski definition) is 8. The number of allylic oxidation sites excluding steroid dienone is 18. The topological polar surface area (TPSA) is 134 Å². The molecule has 2 unspecified atom stereocenters. The highest BCUT2D eigenvalue weighted by molar-refractivity contribution is 7.47. The highest BCUT2D eigenvalue weighted by Crippen LogP contribution is 2.43. The number of phosphoric ester groups is 1. The zero-order chi connectivity index (χ0) is 60.1. The molecule has 0 bridgehead atoms. The molecule has 10 heteroatoms. The maximum Gasteiger partial charge on any atom is 0.472 e. The van der Waals surface area contributed by atoms with E-state index < -0.39 is 26.5 Å². The Labute approximate surface area is 511 Å². The van der Waals surface area contributed by atoms with Crippen LogP contribution in [0.5, 0.6) is 0 Å². The van der Waals surface area contributed by atoms with Gasteiger partial charge in [0.1, 0.15) is 6.61 Å². The zero-order valence-electron chi connectivity index (χ0n) is 53.7. The fraction of sp³-hybridized carbons (Fsp3) is 0.726. The van der Waals surface area contributed by atoms with Gasteiger partial charge in [-0.05, 0) is 83.5 Å². The van der Waals surface area contributed by atoms with Crippen molar-refractivity contribution in [1.29, 1.82) is 0 Å². The average Bonchev–Trinajstić information content (AvgIpc) is 3.49. The minimum atomic E-state index is -4.40. The summed E-state index contributed by atoms with van der Waals surface area (Å²) < 4.78 is 33.2. The molecule has 0 aromatic carbocycles. The van der Waals surface area contributed by atoms with Crippen LogP contribution >= 0.6 is 7.82 Å². The summed E-state index contributed by atoms with van der Waals surface area (Å²) >= 11 is 0. The van der Waals surface area contributed by atoms with Crippen LogP contribution in [0.2, 0.25) is 0 Å². The molecule has 478 valence electrons. The number of phosphoric acid groups is 1. The summed E-state index contributed by atoms with van der Waals surface area (Å²) in [6, 6.07) is 0. The molecule has 0 amide bonds. The Balaban J connectivity index is 3.94. The molecule has 0 rings (SSSR count). The van der Waals surface area contributed by atoms with Gasteiger partial charge in [0.05, 0.1) is 13.2 Å². The minimum absolute atomic E-state index is 0.0493. The first-order valence-corrected chi connectivity index (χ1v) is 35.9. The second-order valence-corrected chi connectivity index (χ2v) is 24.1. The first kappa shape index (κ1) is 79.7. The lowest BCUT2D eigenvalue weighted by molar-refractivity contribution is -0.161. The van der Waals surface area contributed by atoms with E-state index in [9.17, 15) is 19.0 Å². The Bertz CT molecular complexity index is 1730. The third kappa shape index (κ3) is 67.7. The van der Waals surface area contributed by atoms with Crippen LogP contribution in [0.4, 0.5) is 0 Å². The Kier molecular flexibility index (Phi) is 65.1. The molecule has 83 heavy (non-hydrogen) atoms. The fourth-order valence-corrected chi connectivity index (χ4v) is 10.4. The molecule has 0 fully saturated rings. The van der Waals surface area contributed by atoms with E-state index in [0.29, 0.717) is 6.42 Å². The molecule has 3 N–H and O–H groups in total. The lowest BCUT2D eigenvalue weighted by Crippen LogP contribution is -2.29. The molecule has 0 aliphatic heterocycles. The monoisotopic (exact) mass is 1180 g/mol. The van der Waals surface area contributed by atoms with Gasteiger partial charge in [-0.15, -0.1) is 0 Å². The molecule has 0 radical (unpaired) electrons. The number of esters is 2. The van der Waals surface area contributed by atoms with Crippen molar-refractivity contribution in [1.82, 2.24) is 0 Å². The van der Waals surface area contributed by atoms with E-state index in [4.69, 9.17) is 24.3 Å². The van der Waals surface area contributed by atoms with Gasteiger partial charge in [0.25, 0.3) is 0 Å². The number of nitrogens with two attached hydrogens (primary N) is 1. The summed E-state index contributed by atoms with van der Waals surface area (Å²) in [4.78, 5) is 35.3. The molecule has 0 saturated heterocycles. The number of unbranched alkanes of at least 4 members (excludes halogenated alkanes) is 33. The smallest absolute Gasteiger partial charge is 0.462 e. The lowest BCUT2D eigenvalue weighted by atomic mass is 10.0. The van der Waals surface area contributed by atoms with Crippen molar-refractivity contribution in [3.05, 3.63) is 109 Å². The maximum atomic E-state index is 12.8. The van der Waals surface area contributed by atoms with E-state index in [1.165, 1.54) is 173 Å². The van der Waals surface area contributed by atoms with Crippen molar-refractivity contribution in [2.24, 2.45) is 5.73 Å². The second-order valence-electron chi connectivity index (χ2n) is 22.7. The molecule has 0 aliphatic rings. The van der Waals surface area contributed by atoms with Gasteiger partial charge in [0, 0.05) is 19.4 Å². The standard InChI is InChI=1S/C73H128NO8P/c1-3-5-7-9-11-13-15-17-19-21-23-25-27-29-30-31-32-33-34-35-36-37-38-39-40-42-44-46-48-50-52-54-56-58-60-62-64-66-73(76)82-71(70-81-83(77,78)80-68-67-74)69-79-72(75)65-63-61-59-57-55-53-51-49-47-45-43-41-28-26-24-22-20-18-16-14-12-10-8-6-4-2/h5,7,11,13,17,19,23,25,29-30,32-33,35-36,38-39,42,44,71H,3-4,6,8-10,12,14-16,18,20-22,24,26-28,31,34,37,40-41,43,45-70,74H2,1-2H3,(H,77,78)/b7-5-,13-11-,19-17-,25-23-,30-29-,33-32-,36-35-,39-38-,44-42-. The van der Waals surface area contributed by atoms with Crippen LogP contribution in [-0.2, 0) is 32.7 Å². The van der Waals surface area contributed by atoms with Crippen molar-refractivity contribution < 1.29 is 37.6 Å². The molecule has 0 spiro atoms. The van der Waals surface area contributed by atoms with E-state index in [0.717, 1.165) is 103 Å². The molecular weight excluding hydrogens is 1050 g/mol. The minimum Gasteiger partial charge on any atom is -0.462 e. The first-order valence-electron chi connectivity index (χ1n) is 34.4. The summed E-state index contributed by atoms with van der Waals surface area (Å²) in [5.74, 6) is -0.827. The van der Waals surface area contributed by atoms with Crippen LogP contribution in [0, 0.1) is 0 Å². The molecule has 0 heterocycles. The molecular formula is C73H128NO8P. The van der Waals surface area contributed by atoms with E-state index in [1.807, 2.05) is 0 Å². The highest BCUT2D eigenvalue weighted by Gasteiger charge is 2.26. The van der Waals surface area contributed by atoms with Gasteiger partial charge in [-0.25, -0.2) is 4.57 Å². The number of rotatable bonds is 64. The summed E-state index contributed by atoms with van der Waals surface area (Å²) in [6.07, 6.45) is 93.1. The van der Waals surface area contributed by atoms with Crippen molar-refractivity contribution in [3.63, 3.8) is 0 Å². The van der Waals surface area contributed by atoms with Crippen molar-refractivity contribution >= 4 is 19.8 Å². The van der Waals surface area contributed by atoms with E-state index in [-0.39, 0.29) is 38.6 Å². The van der Waals surface area contributed by atoms with Gasteiger partial charge >= 0.3 is 19.8 Å². The van der Waals surface area contributed by atoms with Gasteiger partial charge in [-0.3, -0.25) is 18.6 Å². The maximum absolute atomic E-state index is 12.8. The van der Waals surface area contributed by atoms with E-state index in [2.05, 4.69) is 123 Å². The number of ether oxygens (including phenoxy) is 2. The van der Waals surface area contributed by atoms with Crippen molar-refractivity contribution in [2.45, 2.75) is 315 Å². The molecule has 9 nitrogen and oxygen atoms in total. The van der Waals surface area contributed by atoms with Gasteiger partial charge < -0.3 is 20.1 Å². The Morgan fingerprint density at radius 2 is 0.663 bits per heavy atom. The predicted molar refractivity (Wildman–Crippen MR) is 358 cm³/mol. The Morgan fingerprint density at radius 1 is 0.373 bits per heavy atom. The van der Waals surface area contributed by atoms with Crippen LogP contribution in [0.25, 0.3) is 0 Å². The fourth-order valence-electron chi connectivity index (χ4n) is 9.63. The Hall–Kier alpha value is -3.33. The number of carbonyl (C=O) groups is 2. The summed E-state index contributed by atoms with van der Waals surface area (Å²) in [5, 5.41) is 0. The highest BCUT2D eigenvalue weighted by atomic mass is 31.2. The van der Waals surface area contributed by atoms with Gasteiger partial charge in [0.2, 0.25) is 0 Å². The predicted octanol–water partition coefficient (Wildman–Crippen LogP) is 22.5. The van der Waals surface area contributed by atoms with Crippen LogP contribution < -0.4 is 5.73 Å². The molecule has 0 saturated carbocycles. The largest absolute Gasteiger partial charge is 0.472 e. The molecule has 2 atom stereocenters. The average molecular weight is 1180 g/mol. The van der Waals surface area contributed by atoms with Crippen LogP contribution in [-0.4, -0.2) is 49.3 Å². The quantitative estimate of drug-likeness (QED) is 0.0264. The zero-order valence-corrected chi connectivity index (χ0v) is 54.5.